The minimum atomic E-state index is -4.71. The van der Waals surface area contributed by atoms with Crippen molar-refractivity contribution in [1.29, 1.82) is 0 Å². The summed E-state index contributed by atoms with van der Waals surface area (Å²) in [4.78, 5) is 11.6. The van der Waals surface area contributed by atoms with Crippen molar-refractivity contribution in [3.05, 3.63) is 45.7 Å². The van der Waals surface area contributed by atoms with Crippen LogP contribution in [-0.2, 0) is 12.8 Å². The summed E-state index contributed by atoms with van der Waals surface area (Å²) in [6.45, 7) is 0. The molecule has 1 N–H and O–H groups in total. The molecule has 3 rings (SSSR count). The highest BCUT2D eigenvalue weighted by molar-refractivity contribution is 5.65. The molecule has 1 aromatic carbocycles. The first-order chi connectivity index (χ1) is 9.94. The summed E-state index contributed by atoms with van der Waals surface area (Å²) in [7, 11) is 0. The number of ether oxygens (including phenoxy) is 1. The average Bonchev–Trinajstić information content (AvgIpc) is 2.89. The Balaban J connectivity index is 1.95. The summed E-state index contributed by atoms with van der Waals surface area (Å²) in [5.74, 6) is -0.285. The highest BCUT2D eigenvalue weighted by Crippen LogP contribution is 2.30. The zero-order valence-electron chi connectivity index (χ0n) is 10.8. The molecule has 7 heteroatoms. The molecule has 110 valence electrons. The normalized spacial score (nSPS) is 14.0. The van der Waals surface area contributed by atoms with E-state index in [1.54, 1.807) is 0 Å². The van der Waals surface area contributed by atoms with E-state index in [4.69, 9.17) is 0 Å². The fourth-order valence-corrected chi connectivity index (χ4v) is 2.55. The maximum absolute atomic E-state index is 12.1. The molecule has 0 radical (unpaired) electrons. The molecule has 0 saturated carbocycles. The lowest BCUT2D eigenvalue weighted by molar-refractivity contribution is -0.274. The molecular weight excluding hydrogens is 285 g/mol. The number of rotatable bonds is 2. The van der Waals surface area contributed by atoms with E-state index in [1.807, 2.05) is 0 Å². The van der Waals surface area contributed by atoms with Crippen LogP contribution in [0.4, 0.5) is 13.2 Å². The molecule has 1 aliphatic rings. The predicted octanol–water partition coefficient (Wildman–Crippen LogP) is 2.82. The Labute approximate surface area is 117 Å². The topological polar surface area (TPSA) is 55.0 Å². The second-order valence-corrected chi connectivity index (χ2v) is 4.78. The van der Waals surface area contributed by atoms with Crippen LogP contribution in [0, 0.1) is 0 Å². The maximum atomic E-state index is 12.1. The van der Waals surface area contributed by atoms with Gasteiger partial charge >= 0.3 is 6.36 Å². The number of alkyl halides is 3. The van der Waals surface area contributed by atoms with E-state index < -0.39 is 6.36 Å². The smallest absolute Gasteiger partial charge is 0.406 e. The SMILES string of the molecule is O=c1[nH]nc(-c2ccc(OC(F)(F)F)cc2)c2c1CCC2. The molecule has 0 bridgehead atoms. The second kappa shape index (κ2) is 4.91. The van der Waals surface area contributed by atoms with Gasteiger partial charge in [0.25, 0.3) is 5.56 Å². The van der Waals surface area contributed by atoms with Gasteiger partial charge in [0.15, 0.2) is 0 Å². The fraction of sp³-hybridized carbons (Fsp3) is 0.286. The molecular formula is C14H11F3N2O2. The van der Waals surface area contributed by atoms with E-state index in [0.717, 1.165) is 24.0 Å². The summed E-state index contributed by atoms with van der Waals surface area (Å²) in [5.41, 5.74) is 2.67. The number of hydrogen-bond donors (Lipinski definition) is 1. The molecule has 0 unspecified atom stereocenters. The molecule has 0 amide bonds. The number of nitrogens with zero attached hydrogens (tertiary/aromatic N) is 1. The molecule has 1 aliphatic carbocycles. The quantitative estimate of drug-likeness (QED) is 0.927. The summed E-state index contributed by atoms with van der Waals surface area (Å²) in [6.07, 6.45) is -2.37. The number of aromatic nitrogens is 2. The van der Waals surface area contributed by atoms with E-state index in [0.29, 0.717) is 17.7 Å². The van der Waals surface area contributed by atoms with Gasteiger partial charge in [-0.15, -0.1) is 13.2 Å². The van der Waals surface area contributed by atoms with Crippen molar-refractivity contribution in [2.75, 3.05) is 0 Å². The monoisotopic (exact) mass is 296 g/mol. The molecule has 0 spiro atoms. The number of aromatic amines is 1. The Morgan fingerprint density at radius 1 is 1.10 bits per heavy atom. The van der Waals surface area contributed by atoms with Crippen LogP contribution >= 0.6 is 0 Å². The molecule has 0 fully saturated rings. The summed E-state index contributed by atoms with van der Waals surface area (Å²) in [6, 6.07) is 5.47. The van der Waals surface area contributed by atoms with Crippen LogP contribution in [0.5, 0.6) is 5.75 Å². The third kappa shape index (κ3) is 2.76. The first-order valence-corrected chi connectivity index (χ1v) is 6.41. The van der Waals surface area contributed by atoms with Gasteiger partial charge in [-0.05, 0) is 49.1 Å². The van der Waals surface area contributed by atoms with Gasteiger partial charge < -0.3 is 4.74 Å². The van der Waals surface area contributed by atoms with Crippen molar-refractivity contribution in [2.24, 2.45) is 0 Å². The van der Waals surface area contributed by atoms with Gasteiger partial charge in [0.1, 0.15) is 5.75 Å². The highest BCUT2D eigenvalue weighted by atomic mass is 19.4. The zero-order chi connectivity index (χ0) is 15.0. The first-order valence-electron chi connectivity index (χ1n) is 6.41. The van der Waals surface area contributed by atoms with Gasteiger partial charge in [-0.1, -0.05) is 0 Å². The third-order valence-electron chi connectivity index (χ3n) is 3.41. The van der Waals surface area contributed by atoms with Crippen LogP contribution in [0.15, 0.2) is 29.1 Å². The number of hydrogen-bond acceptors (Lipinski definition) is 3. The number of halogens is 3. The third-order valence-corrected chi connectivity index (χ3v) is 3.41. The van der Waals surface area contributed by atoms with Crippen molar-refractivity contribution in [3.8, 4) is 17.0 Å². The Morgan fingerprint density at radius 3 is 2.43 bits per heavy atom. The van der Waals surface area contributed by atoms with Crippen LogP contribution in [0.3, 0.4) is 0 Å². The van der Waals surface area contributed by atoms with Crippen LogP contribution in [0.2, 0.25) is 0 Å². The minimum Gasteiger partial charge on any atom is -0.406 e. The van der Waals surface area contributed by atoms with E-state index in [9.17, 15) is 18.0 Å². The van der Waals surface area contributed by atoms with Gasteiger partial charge in [0.05, 0.1) is 5.69 Å². The van der Waals surface area contributed by atoms with Crippen molar-refractivity contribution in [2.45, 2.75) is 25.6 Å². The standard InChI is InChI=1S/C14H11F3N2O2/c15-14(16,17)21-9-6-4-8(5-7-9)12-10-2-1-3-11(10)13(20)19-18-12/h4-7H,1-3H2,(H,19,20). The predicted molar refractivity (Wildman–Crippen MR) is 69.0 cm³/mol. The number of H-pyrrole nitrogens is 1. The van der Waals surface area contributed by atoms with Crippen molar-refractivity contribution >= 4 is 0 Å². The molecule has 1 aromatic heterocycles. The van der Waals surface area contributed by atoms with Crippen molar-refractivity contribution < 1.29 is 17.9 Å². The highest BCUT2D eigenvalue weighted by Gasteiger charge is 2.31. The first kappa shape index (κ1) is 13.7. The lowest BCUT2D eigenvalue weighted by atomic mass is 10.0. The molecule has 4 nitrogen and oxygen atoms in total. The van der Waals surface area contributed by atoms with Gasteiger partial charge in [-0.25, -0.2) is 5.10 Å². The van der Waals surface area contributed by atoms with Crippen LogP contribution in [0.25, 0.3) is 11.3 Å². The lowest BCUT2D eigenvalue weighted by Gasteiger charge is -2.10. The van der Waals surface area contributed by atoms with E-state index in [-0.39, 0.29) is 11.3 Å². The Bertz CT molecular complexity index is 720. The summed E-state index contributed by atoms with van der Waals surface area (Å²) in [5, 5.41) is 6.46. The van der Waals surface area contributed by atoms with Gasteiger partial charge in [-0.2, -0.15) is 5.10 Å². The van der Waals surface area contributed by atoms with Gasteiger partial charge in [0.2, 0.25) is 0 Å². The molecule has 0 saturated heterocycles. The largest absolute Gasteiger partial charge is 0.573 e. The molecule has 2 aromatic rings. The van der Waals surface area contributed by atoms with E-state index >= 15 is 0 Å². The Hall–Kier alpha value is -2.31. The lowest BCUT2D eigenvalue weighted by Crippen LogP contribution is -2.17. The minimum absolute atomic E-state index is 0.191. The molecule has 21 heavy (non-hydrogen) atoms. The molecule has 0 aliphatic heterocycles. The number of benzene rings is 1. The zero-order valence-corrected chi connectivity index (χ0v) is 10.8. The molecule has 0 atom stereocenters. The van der Waals surface area contributed by atoms with Crippen molar-refractivity contribution in [1.82, 2.24) is 10.2 Å². The Morgan fingerprint density at radius 2 is 1.76 bits per heavy atom. The van der Waals surface area contributed by atoms with E-state index in [1.165, 1.54) is 24.3 Å². The second-order valence-electron chi connectivity index (χ2n) is 4.78. The number of nitrogens with one attached hydrogen (secondary N) is 1. The summed E-state index contributed by atoms with van der Waals surface area (Å²) < 4.78 is 40.2. The fourth-order valence-electron chi connectivity index (χ4n) is 2.55. The van der Waals surface area contributed by atoms with Crippen LogP contribution < -0.4 is 10.3 Å². The number of fused-ring (bicyclic) bond motifs is 1. The van der Waals surface area contributed by atoms with Gasteiger partial charge in [-0.3, -0.25) is 4.79 Å². The van der Waals surface area contributed by atoms with Crippen LogP contribution in [-0.4, -0.2) is 16.6 Å². The van der Waals surface area contributed by atoms with Gasteiger partial charge in [0, 0.05) is 11.1 Å². The maximum Gasteiger partial charge on any atom is 0.573 e. The van der Waals surface area contributed by atoms with Crippen molar-refractivity contribution in [3.63, 3.8) is 0 Å². The van der Waals surface area contributed by atoms with Crippen LogP contribution in [0.1, 0.15) is 17.5 Å². The Kier molecular flexibility index (Phi) is 3.19. The summed E-state index contributed by atoms with van der Waals surface area (Å²) >= 11 is 0. The molecule has 1 heterocycles. The van der Waals surface area contributed by atoms with E-state index in [2.05, 4.69) is 14.9 Å². The average molecular weight is 296 g/mol.